The zero-order valence-electron chi connectivity index (χ0n) is 20.8. The first-order valence-corrected chi connectivity index (χ1v) is 12.2. The van der Waals surface area contributed by atoms with E-state index in [9.17, 15) is 14.3 Å². The van der Waals surface area contributed by atoms with Gasteiger partial charge in [-0.2, -0.15) is 0 Å². The first-order valence-electron chi connectivity index (χ1n) is 12.2. The first kappa shape index (κ1) is 25.1. The number of methoxy groups -OCH3 is 2. The van der Waals surface area contributed by atoms with Gasteiger partial charge in [0.1, 0.15) is 23.4 Å². The average molecular weight is 487 g/mol. The summed E-state index contributed by atoms with van der Waals surface area (Å²) >= 11 is 0. The number of benzene rings is 2. The summed E-state index contributed by atoms with van der Waals surface area (Å²) in [5.41, 5.74) is 1.52. The van der Waals surface area contributed by atoms with Crippen molar-refractivity contribution in [2.24, 2.45) is 11.8 Å². The Balaban J connectivity index is 1.42. The monoisotopic (exact) mass is 486 g/mol. The number of anilines is 2. The van der Waals surface area contributed by atoms with E-state index in [1.165, 1.54) is 6.07 Å². The number of carboxylic acids is 1. The molecule has 0 saturated carbocycles. The highest BCUT2D eigenvalue weighted by Gasteiger charge is 2.36. The SMILES string of the molecule is COc1ccc(F)c(N2C[C@@H](C)[C@H](Oc3ccc(N4C[C@H](OC)C[C@@H]4CC(=O)O)cc3)[C@@H](C)C2)c1. The molecule has 0 unspecified atom stereocenters. The third kappa shape index (κ3) is 5.64. The third-order valence-corrected chi connectivity index (χ3v) is 7.19. The molecule has 7 nitrogen and oxygen atoms in total. The Hall–Kier alpha value is -3.00. The maximum Gasteiger partial charge on any atom is 0.305 e. The molecule has 0 aliphatic carbocycles. The van der Waals surface area contributed by atoms with Crippen LogP contribution < -0.4 is 19.3 Å². The van der Waals surface area contributed by atoms with Crippen LogP contribution in [0.2, 0.25) is 0 Å². The summed E-state index contributed by atoms with van der Waals surface area (Å²) in [7, 11) is 3.25. The largest absolute Gasteiger partial charge is 0.497 e. The molecule has 0 radical (unpaired) electrons. The number of carbonyl (C=O) groups is 1. The molecule has 4 rings (SSSR count). The van der Waals surface area contributed by atoms with Crippen molar-refractivity contribution < 1.29 is 28.5 Å². The zero-order chi connectivity index (χ0) is 25.1. The number of nitrogens with zero attached hydrogens (tertiary/aromatic N) is 2. The van der Waals surface area contributed by atoms with E-state index in [1.807, 2.05) is 24.3 Å². The minimum atomic E-state index is -0.806. The summed E-state index contributed by atoms with van der Waals surface area (Å²) in [6, 6.07) is 12.6. The molecule has 1 N–H and O–H groups in total. The molecular formula is C27H35FN2O5. The molecule has 2 heterocycles. The molecule has 0 spiro atoms. The molecule has 8 heteroatoms. The molecule has 5 atom stereocenters. The van der Waals surface area contributed by atoms with Crippen LogP contribution in [0.15, 0.2) is 42.5 Å². The van der Waals surface area contributed by atoms with Crippen LogP contribution in [-0.4, -0.2) is 63.2 Å². The second-order valence-electron chi connectivity index (χ2n) is 9.75. The summed E-state index contributed by atoms with van der Waals surface area (Å²) in [5.74, 6) is 0.727. The van der Waals surface area contributed by atoms with E-state index in [0.717, 1.165) is 11.4 Å². The van der Waals surface area contributed by atoms with E-state index < -0.39 is 5.97 Å². The highest BCUT2D eigenvalue weighted by Crippen LogP contribution is 2.34. The Bertz CT molecular complexity index is 1010. The molecule has 0 amide bonds. The zero-order valence-corrected chi connectivity index (χ0v) is 20.8. The van der Waals surface area contributed by atoms with E-state index in [4.69, 9.17) is 14.2 Å². The number of piperidine rings is 1. The van der Waals surface area contributed by atoms with Crippen molar-refractivity contribution in [3.8, 4) is 11.5 Å². The summed E-state index contributed by atoms with van der Waals surface area (Å²) in [6.07, 6.45) is 0.800. The van der Waals surface area contributed by atoms with Crippen molar-refractivity contribution in [1.82, 2.24) is 0 Å². The summed E-state index contributed by atoms with van der Waals surface area (Å²) in [4.78, 5) is 15.5. The number of ether oxygens (including phenoxy) is 3. The third-order valence-electron chi connectivity index (χ3n) is 7.19. The topological polar surface area (TPSA) is 71.5 Å². The fourth-order valence-corrected chi connectivity index (χ4v) is 5.46. The lowest BCUT2D eigenvalue weighted by Gasteiger charge is -2.42. The van der Waals surface area contributed by atoms with Crippen LogP contribution in [0, 0.1) is 17.7 Å². The first-order chi connectivity index (χ1) is 16.8. The van der Waals surface area contributed by atoms with Crippen LogP contribution >= 0.6 is 0 Å². The number of carboxylic acid groups (broad SMARTS) is 1. The van der Waals surface area contributed by atoms with Crippen molar-refractivity contribution in [2.45, 2.75) is 44.9 Å². The minimum absolute atomic E-state index is 0.00446. The van der Waals surface area contributed by atoms with Gasteiger partial charge >= 0.3 is 5.97 Å². The molecule has 2 aliphatic heterocycles. The Morgan fingerprint density at radius 3 is 2.29 bits per heavy atom. The number of hydrogen-bond donors (Lipinski definition) is 1. The van der Waals surface area contributed by atoms with Crippen LogP contribution in [0.3, 0.4) is 0 Å². The summed E-state index contributed by atoms with van der Waals surface area (Å²) in [5, 5.41) is 9.29. The Morgan fingerprint density at radius 2 is 1.69 bits per heavy atom. The highest BCUT2D eigenvalue weighted by atomic mass is 19.1. The van der Waals surface area contributed by atoms with Crippen molar-refractivity contribution in [2.75, 3.05) is 43.7 Å². The van der Waals surface area contributed by atoms with Gasteiger partial charge in [0, 0.05) is 56.4 Å². The van der Waals surface area contributed by atoms with Gasteiger partial charge in [-0.1, -0.05) is 13.8 Å². The van der Waals surface area contributed by atoms with Crippen LogP contribution in [0.1, 0.15) is 26.7 Å². The molecule has 2 aliphatic rings. The lowest BCUT2D eigenvalue weighted by Crippen LogP contribution is -2.50. The predicted molar refractivity (Wildman–Crippen MR) is 133 cm³/mol. The van der Waals surface area contributed by atoms with Gasteiger partial charge in [-0.25, -0.2) is 4.39 Å². The fraction of sp³-hybridized carbons (Fsp3) is 0.519. The van der Waals surface area contributed by atoms with Gasteiger partial charge in [0.2, 0.25) is 0 Å². The van der Waals surface area contributed by atoms with Gasteiger partial charge in [0.25, 0.3) is 0 Å². The summed E-state index contributed by atoms with van der Waals surface area (Å²) < 4.78 is 31.7. The fourth-order valence-electron chi connectivity index (χ4n) is 5.46. The Morgan fingerprint density at radius 1 is 1.03 bits per heavy atom. The molecule has 190 valence electrons. The lowest BCUT2D eigenvalue weighted by molar-refractivity contribution is -0.137. The van der Waals surface area contributed by atoms with E-state index in [-0.39, 0.29) is 42.3 Å². The quantitative estimate of drug-likeness (QED) is 0.591. The molecule has 35 heavy (non-hydrogen) atoms. The number of rotatable bonds is 8. The maximum atomic E-state index is 14.5. The van der Waals surface area contributed by atoms with Gasteiger partial charge < -0.3 is 29.1 Å². The van der Waals surface area contributed by atoms with Gasteiger partial charge in [-0.05, 0) is 42.8 Å². The number of hydrogen-bond acceptors (Lipinski definition) is 6. The Labute approximate surface area is 206 Å². The van der Waals surface area contributed by atoms with Gasteiger partial charge in [0.15, 0.2) is 0 Å². The second-order valence-corrected chi connectivity index (χ2v) is 9.75. The highest BCUT2D eigenvalue weighted by molar-refractivity contribution is 5.69. The van der Waals surface area contributed by atoms with Crippen LogP contribution in [-0.2, 0) is 9.53 Å². The number of halogens is 1. The minimum Gasteiger partial charge on any atom is -0.497 e. The molecule has 2 fully saturated rings. The molecule has 2 aromatic rings. The van der Waals surface area contributed by atoms with Crippen molar-refractivity contribution in [3.63, 3.8) is 0 Å². The normalized spacial score (nSPS) is 26.6. The van der Waals surface area contributed by atoms with Crippen LogP contribution in [0.4, 0.5) is 15.8 Å². The van der Waals surface area contributed by atoms with E-state index in [1.54, 1.807) is 26.4 Å². The molecule has 2 saturated heterocycles. The standard InChI is InChI=1S/C27H35FN2O5/c1-17-14-29(25-13-22(33-3)9-10-24(25)28)15-18(2)27(17)35-21-7-5-19(6-8-21)30-16-23(34-4)11-20(30)12-26(31)32/h5-10,13,17-18,20,23,27H,11-12,14-16H2,1-4H3,(H,31,32)/t17-,18+,20-,23-,27+/m1/s1. The van der Waals surface area contributed by atoms with Crippen LogP contribution in [0.25, 0.3) is 0 Å². The van der Waals surface area contributed by atoms with Gasteiger partial charge in [0.05, 0.1) is 25.3 Å². The molecular weight excluding hydrogens is 451 g/mol. The average Bonchev–Trinajstić information content (AvgIpc) is 3.24. The van der Waals surface area contributed by atoms with Crippen LogP contribution in [0.5, 0.6) is 11.5 Å². The maximum absolute atomic E-state index is 14.5. The summed E-state index contributed by atoms with van der Waals surface area (Å²) in [6.45, 7) is 6.29. The van der Waals surface area contributed by atoms with Gasteiger partial charge in [-0.3, -0.25) is 4.79 Å². The predicted octanol–water partition coefficient (Wildman–Crippen LogP) is 4.44. The lowest BCUT2D eigenvalue weighted by atomic mass is 9.87. The molecule has 2 aromatic carbocycles. The second kappa shape index (κ2) is 10.7. The van der Waals surface area contributed by atoms with Gasteiger partial charge in [-0.15, -0.1) is 0 Å². The molecule has 0 aromatic heterocycles. The van der Waals surface area contributed by atoms with E-state index >= 15 is 0 Å². The van der Waals surface area contributed by atoms with E-state index in [0.29, 0.717) is 37.5 Å². The van der Waals surface area contributed by atoms with E-state index in [2.05, 4.69) is 23.6 Å². The number of aliphatic carboxylic acids is 1. The van der Waals surface area contributed by atoms with Crippen molar-refractivity contribution >= 4 is 17.3 Å². The van der Waals surface area contributed by atoms with Crippen molar-refractivity contribution in [3.05, 3.63) is 48.3 Å². The Kier molecular flexibility index (Phi) is 7.69. The smallest absolute Gasteiger partial charge is 0.305 e. The van der Waals surface area contributed by atoms with Crippen molar-refractivity contribution in [1.29, 1.82) is 0 Å². The molecule has 0 bridgehead atoms.